The van der Waals surface area contributed by atoms with Crippen LogP contribution in [0, 0.1) is 0 Å². The van der Waals surface area contributed by atoms with Crippen molar-refractivity contribution in [1.29, 1.82) is 0 Å². The third-order valence-corrected chi connectivity index (χ3v) is 3.86. The van der Waals surface area contributed by atoms with Crippen molar-refractivity contribution >= 4 is 11.3 Å². The van der Waals surface area contributed by atoms with Gasteiger partial charge in [0.15, 0.2) is 0 Å². The molecule has 2 nitrogen and oxygen atoms in total. The van der Waals surface area contributed by atoms with Crippen LogP contribution in [0.15, 0.2) is 5.38 Å². The van der Waals surface area contributed by atoms with E-state index in [0.717, 1.165) is 6.54 Å². The Labute approximate surface area is 96.1 Å². The summed E-state index contributed by atoms with van der Waals surface area (Å²) in [5.41, 5.74) is 1.42. The molecule has 84 valence electrons. The van der Waals surface area contributed by atoms with Crippen LogP contribution in [0.1, 0.15) is 56.8 Å². The molecule has 1 aliphatic rings. The molecule has 2 heterocycles. The van der Waals surface area contributed by atoms with Gasteiger partial charge in [-0.05, 0) is 19.4 Å². The number of piperidine rings is 1. The first-order chi connectivity index (χ1) is 7.07. The zero-order valence-corrected chi connectivity index (χ0v) is 10.7. The summed E-state index contributed by atoms with van der Waals surface area (Å²) in [5.74, 6) is 0. The molecule has 0 bridgehead atoms. The maximum absolute atomic E-state index is 4.76. The number of nitrogens with zero attached hydrogens (tertiary/aromatic N) is 1. The van der Waals surface area contributed by atoms with Gasteiger partial charge in [0.1, 0.15) is 5.01 Å². The maximum atomic E-state index is 4.76. The second-order valence-corrected chi connectivity index (χ2v) is 6.21. The molecule has 1 unspecified atom stereocenters. The Kier molecular flexibility index (Phi) is 3.12. The van der Waals surface area contributed by atoms with Crippen LogP contribution in [0.25, 0.3) is 0 Å². The van der Waals surface area contributed by atoms with Crippen molar-refractivity contribution in [2.45, 2.75) is 51.5 Å². The molecule has 15 heavy (non-hydrogen) atoms. The number of nitrogens with one attached hydrogen (secondary N) is 1. The van der Waals surface area contributed by atoms with Gasteiger partial charge in [0, 0.05) is 10.8 Å². The van der Waals surface area contributed by atoms with Gasteiger partial charge in [-0.25, -0.2) is 4.98 Å². The van der Waals surface area contributed by atoms with E-state index < -0.39 is 0 Å². The lowest BCUT2D eigenvalue weighted by Crippen LogP contribution is -2.26. The van der Waals surface area contributed by atoms with Crippen LogP contribution in [0.4, 0.5) is 0 Å². The third kappa shape index (κ3) is 2.58. The van der Waals surface area contributed by atoms with E-state index >= 15 is 0 Å². The third-order valence-electron chi connectivity index (χ3n) is 2.90. The van der Waals surface area contributed by atoms with Crippen molar-refractivity contribution in [2.24, 2.45) is 0 Å². The van der Waals surface area contributed by atoms with Crippen molar-refractivity contribution < 1.29 is 0 Å². The molecule has 0 radical (unpaired) electrons. The minimum absolute atomic E-state index is 0.184. The zero-order valence-electron chi connectivity index (χ0n) is 9.84. The van der Waals surface area contributed by atoms with Crippen LogP contribution < -0.4 is 5.32 Å². The number of thiazole rings is 1. The average Bonchev–Trinajstić information content (AvgIpc) is 2.67. The molecule has 1 aromatic rings. The molecular weight excluding hydrogens is 204 g/mol. The molecule has 1 fully saturated rings. The fourth-order valence-corrected chi connectivity index (χ4v) is 3.01. The molecule has 1 N–H and O–H groups in total. The van der Waals surface area contributed by atoms with Gasteiger partial charge in [-0.2, -0.15) is 0 Å². The molecule has 0 aromatic carbocycles. The average molecular weight is 224 g/mol. The van der Waals surface area contributed by atoms with Crippen molar-refractivity contribution in [3.05, 3.63) is 16.1 Å². The Hall–Kier alpha value is -0.410. The topological polar surface area (TPSA) is 24.9 Å². The second-order valence-electron chi connectivity index (χ2n) is 5.32. The van der Waals surface area contributed by atoms with Gasteiger partial charge in [0.25, 0.3) is 0 Å². The lowest BCUT2D eigenvalue weighted by Gasteiger charge is -2.21. The van der Waals surface area contributed by atoms with Crippen molar-refractivity contribution in [1.82, 2.24) is 10.3 Å². The van der Waals surface area contributed by atoms with Gasteiger partial charge in [-0.1, -0.05) is 27.2 Å². The Bertz CT molecular complexity index is 319. The van der Waals surface area contributed by atoms with E-state index in [1.807, 2.05) is 11.3 Å². The molecule has 3 heteroatoms. The summed E-state index contributed by atoms with van der Waals surface area (Å²) in [4.78, 5) is 4.76. The highest BCUT2D eigenvalue weighted by Crippen LogP contribution is 2.30. The Morgan fingerprint density at radius 1 is 1.40 bits per heavy atom. The molecular formula is C12H20N2S. The monoisotopic (exact) mass is 224 g/mol. The zero-order chi connectivity index (χ0) is 10.9. The number of rotatable bonds is 1. The summed E-state index contributed by atoms with van der Waals surface area (Å²) in [6, 6.07) is 0.514. The smallest absolute Gasteiger partial charge is 0.110 e. The molecule has 0 aliphatic carbocycles. The van der Waals surface area contributed by atoms with Crippen LogP contribution in [0.2, 0.25) is 0 Å². The maximum Gasteiger partial charge on any atom is 0.110 e. The molecule has 1 saturated heterocycles. The van der Waals surface area contributed by atoms with Crippen LogP contribution in [0.5, 0.6) is 0 Å². The van der Waals surface area contributed by atoms with E-state index in [0.29, 0.717) is 6.04 Å². The van der Waals surface area contributed by atoms with Gasteiger partial charge >= 0.3 is 0 Å². The van der Waals surface area contributed by atoms with Crippen LogP contribution in [-0.4, -0.2) is 11.5 Å². The Morgan fingerprint density at radius 2 is 2.20 bits per heavy atom. The summed E-state index contributed by atoms with van der Waals surface area (Å²) in [5, 5.41) is 7.04. The summed E-state index contributed by atoms with van der Waals surface area (Å²) in [7, 11) is 0. The standard InChI is InChI=1S/C12H20N2S/c1-12(2,3)10-8-15-11(14-10)9-6-4-5-7-13-9/h8-9,13H,4-7H2,1-3H3. The molecule has 1 atom stereocenters. The van der Waals surface area contributed by atoms with E-state index in [9.17, 15) is 0 Å². The molecule has 1 aliphatic heterocycles. The Morgan fingerprint density at radius 3 is 2.73 bits per heavy atom. The normalized spacial score (nSPS) is 23.0. The minimum atomic E-state index is 0.184. The van der Waals surface area contributed by atoms with Gasteiger partial charge in [0.05, 0.1) is 11.7 Å². The fourth-order valence-electron chi connectivity index (χ4n) is 1.85. The van der Waals surface area contributed by atoms with Gasteiger partial charge < -0.3 is 5.32 Å². The van der Waals surface area contributed by atoms with Crippen LogP contribution >= 0.6 is 11.3 Å². The van der Waals surface area contributed by atoms with Crippen LogP contribution in [0.3, 0.4) is 0 Å². The number of hydrogen-bond donors (Lipinski definition) is 1. The summed E-state index contributed by atoms with van der Waals surface area (Å²) in [6.45, 7) is 7.81. The second kappa shape index (κ2) is 4.22. The van der Waals surface area contributed by atoms with Crippen molar-refractivity contribution in [3.8, 4) is 0 Å². The molecule has 1 aromatic heterocycles. The lowest BCUT2D eigenvalue weighted by atomic mass is 9.93. The number of hydrogen-bond acceptors (Lipinski definition) is 3. The summed E-state index contributed by atoms with van der Waals surface area (Å²) in [6.07, 6.45) is 3.90. The molecule has 0 saturated carbocycles. The first kappa shape index (κ1) is 11.1. The van der Waals surface area contributed by atoms with Gasteiger partial charge in [-0.15, -0.1) is 11.3 Å². The van der Waals surface area contributed by atoms with E-state index in [2.05, 4.69) is 31.5 Å². The fraction of sp³-hybridized carbons (Fsp3) is 0.750. The van der Waals surface area contributed by atoms with Crippen LogP contribution in [-0.2, 0) is 5.41 Å². The quantitative estimate of drug-likeness (QED) is 0.792. The highest BCUT2D eigenvalue weighted by molar-refractivity contribution is 7.09. The SMILES string of the molecule is CC(C)(C)c1csc(C2CCCCN2)n1. The van der Waals surface area contributed by atoms with Gasteiger partial charge in [0.2, 0.25) is 0 Å². The van der Waals surface area contributed by atoms with E-state index in [-0.39, 0.29) is 5.41 Å². The van der Waals surface area contributed by atoms with Gasteiger partial charge in [-0.3, -0.25) is 0 Å². The molecule has 0 amide bonds. The van der Waals surface area contributed by atoms with Crippen molar-refractivity contribution in [3.63, 3.8) is 0 Å². The number of aromatic nitrogens is 1. The lowest BCUT2D eigenvalue weighted by molar-refractivity contribution is 0.409. The summed E-state index contributed by atoms with van der Waals surface area (Å²) < 4.78 is 0. The predicted octanol–water partition coefficient (Wildman–Crippen LogP) is 3.26. The first-order valence-corrected chi connectivity index (χ1v) is 6.64. The highest BCUT2D eigenvalue weighted by Gasteiger charge is 2.22. The van der Waals surface area contributed by atoms with E-state index in [1.165, 1.54) is 30.0 Å². The summed E-state index contributed by atoms with van der Waals surface area (Å²) >= 11 is 1.81. The van der Waals surface area contributed by atoms with E-state index in [4.69, 9.17) is 4.98 Å². The first-order valence-electron chi connectivity index (χ1n) is 5.76. The van der Waals surface area contributed by atoms with E-state index in [1.54, 1.807) is 0 Å². The molecule has 2 rings (SSSR count). The highest BCUT2D eigenvalue weighted by atomic mass is 32.1. The Balaban J connectivity index is 2.12. The largest absolute Gasteiger partial charge is 0.308 e. The van der Waals surface area contributed by atoms with Crippen molar-refractivity contribution in [2.75, 3.05) is 6.54 Å². The predicted molar refractivity (Wildman–Crippen MR) is 65.4 cm³/mol. The molecule has 0 spiro atoms. The minimum Gasteiger partial charge on any atom is -0.308 e.